The highest BCUT2D eigenvalue weighted by Gasteiger charge is 2.47. The molecule has 0 bridgehead atoms. The SMILES string of the molecule is CN(C)C(=O)[C@]1(Cc2ccccc2)CCCN1Cc1ccccc1. The zero-order chi connectivity index (χ0) is 17.0. The van der Waals surface area contributed by atoms with Crippen molar-refractivity contribution in [2.45, 2.75) is 31.3 Å². The maximum absolute atomic E-state index is 13.2. The lowest BCUT2D eigenvalue weighted by Gasteiger charge is -2.39. The third-order valence-corrected chi connectivity index (χ3v) is 4.98. The van der Waals surface area contributed by atoms with Crippen LogP contribution in [0.1, 0.15) is 24.0 Å². The highest BCUT2D eigenvalue weighted by Crippen LogP contribution is 2.35. The number of likely N-dealkylation sites (tertiary alicyclic amines) is 1. The lowest BCUT2D eigenvalue weighted by molar-refractivity contribution is -0.140. The zero-order valence-corrected chi connectivity index (χ0v) is 14.6. The minimum atomic E-state index is -0.430. The van der Waals surface area contributed by atoms with Crippen molar-refractivity contribution in [3.05, 3.63) is 71.8 Å². The number of carbonyl (C=O) groups is 1. The minimum absolute atomic E-state index is 0.222. The van der Waals surface area contributed by atoms with Crippen LogP contribution >= 0.6 is 0 Å². The molecule has 126 valence electrons. The number of carbonyl (C=O) groups excluding carboxylic acids is 1. The van der Waals surface area contributed by atoms with E-state index in [2.05, 4.69) is 53.4 Å². The molecule has 1 fully saturated rings. The summed E-state index contributed by atoms with van der Waals surface area (Å²) >= 11 is 0. The third kappa shape index (κ3) is 3.36. The number of benzene rings is 2. The summed E-state index contributed by atoms with van der Waals surface area (Å²) in [5.41, 5.74) is 2.07. The molecule has 2 aromatic carbocycles. The van der Waals surface area contributed by atoms with Gasteiger partial charge in [0.2, 0.25) is 5.91 Å². The number of hydrogen-bond donors (Lipinski definition) is 0. The summed E-state index contributed by atoms with van der Waals surface area (Å²) in [4.78, 5) is 17.3. The van der Waals surface area contributed by atoms with Gasteiger partial charge in [0.25, 0.3) is 0 Å². The van der Waals surface area contributed by atoms with Gasteiger partial charge in [-0.2, -0.15) is 0 Å². The average molecular weight is 322 g/mol. The van der Waals surface area contributed by atoms with Crippen LogP contribution in [0.2, 0.25) is 0 Å². The van der Waals surface area contributed by atoms with Gasteiger partial charge in [0.05, 0.1) is 0 Å². The molecule has 0 aromatic heterocycles. The van der Waals surface area contributed by atoms with Gasteiger partial charge in [0, 0.05) is 20.6 Å². The van der Waals surface area contributed by atoms with Crippen LogP contribution < -0.4 is 0 Å². The molecular weight excluding hydrogens is 296 g/mol. The predicted molar refractivity (Wildman–Crippen MR) is 97.7 cm³/mol. The molecule has 0 saturated carbocycles. The van der Waals surface area contributed by atoms with Crippen molar-refractivity contribution in [1.82, 2.24) is 9.80 Å². The Morgan fingerprint density at radius 1 is 1.00 bits per heavy atom. The number of amides is 1. The topological polar surface area (TPSA) is 23.6 Å². The van der Waals surface area contributed by atoms with E-state index in [0.29, 0.717) is 0 Å². The summed E-state index contributed by atoms with van der Waals surface area (Å²) in [6, 6.07) is 20.9. The summed E-state index contributed by atoms with van der Waals surface area (Å²) in [5, 5.41) is 0. The first-order valence-electron chi connectivity index (χ1n) is 8.66. The van der Waals surface area contributed by atoms with Crippen LogP contribution in [0.25, 0.3) is 0 Å². The molecule has 1 heterocycles. The van der Waals surface area contributed by atoms with E-state index in [1.165, 1.54) is 11.1 Å². The van der Waals surface area contributed by atoms with E-state index < -0.39 is 5.54 Å². The first-order valence-corrected chi connectivity index (χ1v) is 8.66. The van der Waals surface area contributed by atoms with Gasteiger partial charge in [-0.05, 0) is 36.9 Å². The first kappa shape index (κ1) is 16.7. The number of hydrogen-bond acceptors (Lipinski definition) is 2. The third-order valence-electron chi connectivity index (χ3n) is 4.98. The number of nitrogens with zero attached hydrogens (tertiary/aromatic N) is 2. The van der Waals surface area contributed by atoms with Crippen molar-refractivity contribution in [2.75, 3.05) is 20.6 Å². The van der Waals surface area contributed by atoms with Crippen molar-refractivity contribution in [1.29, 1.82) is 0 Å². The zero-order valence-electron chi connectivity index (χ0n) is 14.6. The maximum Gasteiger partial charge on any atom is 0.242 e. The van der Waals surface area contributed by atoms with E-state index in [1.807, 2.05) is 26.2 Å². The van der Waals surface area contributed by atoms with Gasteiger partial charge in [-0.3, -0.25) is 9.69 Å². The van der Waals surface area contributed by atoms with E-state index in [9.17, 15) is 4.79 Å². The van der Waals surface area contributed by atoms with Crippen LogP contribution in [0.4, 0.5) is 0 Å². The maximum atomic E-state index is 13.2. The molecule has 1 aliphatic rings. The van der Waals surface area contributed by atoms with Crippen molar-refractivity contribution >= 4 is 5.91 Å². The molecule has 1 saturated heterocycles. The molecule has 0 radical (unpaired) electrons. The lowest BCUT2D eigenvalue weighted by Crippen LogP contribution is -2.56. The second-order valence-corrected chi connectivity index (χ2v) is 6.90. The van der Waals surface area contributed by atoms with E-state index >= 15 is 0 Å². The quantitative estimate of drug-likeness (QED) is 0.843. The Labute approximate surface area is 144 Å². The second-order valence-electron chi connectivity index (χ2n) is 6.90. The van der Waals surface area contributed by atoms with Crippen LogP contribution in [0, 0.1) is 0 Å². The smallest absolute Gasteiger partial charge is 0.242 e. The Balaban J connectivity index is 1.92. The monoisotopic (exact) mass is 322 g/mol. The standard InChI is InChI=1S/C21H26N2O/c1-22(2)20(24)21(16-18-10-5-3-6-11-18)14-9-15-23(21)17-19-12-7-4-8-13-19/h3-8,10-13H,9,14-17H2,1-2H3/t21-/m1/s1. The summed E-state index contributed by atoms with van der Waals surface area (Å²) in [6.07, 6.45) is 2.77. The van der Waals surface area contributed by atoms with E-state index in [-0.39, 0.29) is 5.91 Å². The Hall–Kier alpha value is -2.13. The number of rotatable bonds is 5. The summed E-state index contributed by atoms with van der Waals surface area (Å²) in [6.45, 7) is 1.80. The van der Waals surface area contributed by atoms with Gasteiger partial charge in [-0.25, -0.2) is 0 Å². The van der Waals surface area contributed by atoms with Gasteiger partial charge >= 0.3 is 0 Å². The molecule has 3 heteroatoms. The van der Waals surface area contributed by atoms with Crippen molar-refractivity contribution < 1.29 is 4.79 Å². The molecule has 0 N–H and O–H groups in total. The molecule has 1 amide bonds. The molecule has 0 aliphatic carbocycles. The largest absolute Gasteiger partial charge is 0.347 e. The fourth-order valence-electron chi connectivity index (χ4n) is 3.84. The highest BCUT2D eigenvalue weighted by atomic mass is 16.2. The second kappa shape index (κ2) is 7.18. The molecule has 3 nitrogen and oxygen atoms in total. The highest BCUT2D eigenvalue weighted by molar-refractivity contribution is 5.86. The van der Waals surface area contributed by atoms with Crippen LogP contribution in [0.3, 0.4) is 0 Å². The Morgan fingerprint density at radius 3 is 2.17 bits per heavy atom. The fourth-order valence-corrected chi connectivity index (χ4v) is 3.84. The van der Waals surface area contributed by atoms with Crippen LogP contribution in [-0.2, 0) is 17.8 Å². The normalized spacial score (nSPS) is 20.9. The van der Waals surface area contributed by atoms with Gasteiger partial charge in [-0.15, -0.1) is 0 Å². The van der Waals surface area contributed by atoms with E-state index in [1.54, 1.807) is 4.90 Å². The molecule has 24 heavy (non-hydrogen) atoms. The van der Waals surface area contributed by atoms with Crippen LogP contribution in [-0.4, -0.2) is 41.9 Å². The Bertz CT molecular complexity index is 669. The Kier molecular flexibility index (Phi) is 5.00. The van der Waals surface area contributed by atoms with Crippen LogP contribution in [0.15, 0.2) is 60.7 Å². The Morgan fingerprint density at radius 2 is 1.58 bits per heavy atom. The van der Waals surface area contributed by atoms with Crippen LogP contribution in [0.5, 0.6) is 0 Å². The van der Waals surface area contributed by atoms with Crippen molar-refractivity contribution in [2.24, 2.45) is 0 Å². The first-order chi connectivity index (χ1) is 11.6. The molecule has 3 rings (SSSR count). The van der Waals surface area contributed by atoms with Gasteiger partial charge < -0.3 is 4.90 Å². The molecule has 1 atom stereocenters. The minimum Gasteiger partial charge on any atom is -0.347 e. The van der Waals surface area contributed by atoms with Gasteiger partial charge in [0.15, 0.2) is 0 Å². The summed E-state index contributed by atoms with van der Waals surface area (Å²) in [5.74, 6) is 0.222. The molecular formula is C21H26N2O. The van der Waals surface area contributed by atoms with Gasteiger partial charge in [0.1, 0.15) is 5.54 Å². The van der Waals surface area contributed by atoms with Crippen molar-refractivity contribution in [3.63, 3.8) is 0 Å². The lowest BCUT2D eigenvalue weighted by atomic mass is 9.86. The number of likely N-dealkylation sites (N-methyl/N-ethyl adjacent to an activating group) is 1. The molecule has 2 aromatic rings. The summed E-state index contributed by atoms with van der Waals surface area (Å²) < 4.78 is 0. The van der Waals surface area contributed by atoms with E-state index in [4.69, 9.17) is 0 Å². The van der Waals surface area contributed by atoms with Crippen molar-refractivity contribution in [3.8, 4) is 0 Å². The molecule has 0 spiro atoms. The molecule has 0 unspecified atom stereocenters. The predicted octanol–water partition coefficient (Wildman–Crippen LogP) is 3.35. The van der Waals surface area contributed by atoms with Gasteiger partial charge in [-0.1, -0.05) is 60.7 Å². The average Bonchev–Trinajstić information content (AvgIpc) is 2.99. The summed E-state index contributed by atoms with van der Waals surface area (Å²) in [7, 11) is 3.74. The fraction of sp³-hybridized carbons (Fsp3) is 0.381. The molecule has 1 aliphatic heterocycles. The van der Waals surface area contributed by atoms with E-state index in [0.717, 1.165) is 32.4 Å².